The van der Waals surface area contributed by atoms with Crippen molar-refractivity contribution >= 4 is 22.5 Å². The minimum absolute atomic E-state index is 0.0494. The number of hydrogen-bond donors (Lipinski definition) is 3. The highest BCUT2D eigenvalue weighted by molar-refractivity contribution is 6.00. The van der Waals surface area contributed by atoms with E-state index in [-0.39, 0.29) is 30.4 Å². The van der Waals surface area contributed by atoms with E-state index < -0.39 is 17.7 Å². The Bertz CT molecular complexity index is 1510. The number of aliphatic imine (C=N–C) groups is 1. The topological polar surface area (TPSA) is 86.7 Å². The molecule has 8 heteroatoms. The van der Waals surface area contributed by atoms with Gasteiger partial charge < -0.3 is 20.1 Å². The molecule has 0 aliphatic carbocycles. The Hall–Kier alpha value is -4.46. The molecule has 4 aromatic rings. The molecule has 0 spiro atoms. The molecule has 2 heterocycles. The molecule has 2 atom stereocenters. The highest BCUT2D eigenvalue weighted by Crippen LogP contribution is 2.30. The van der Waals surface area contributed by atoms with Gasteiger partial charge in [0.05, 0.1) is 19.6 Å². The highest BCUT2D eigenvalue weighted by Gasteiger charge is 2.29. The summed E-state index contributed by atoms with van der Waals surface area (Å²) in [5.74, 6) is -0.942. The fraction of sp³-hybridized carbons (Fsp3) is 0.200. The van der Waals surface area contributed by atoms with Crippen molar-refractivity contribution in [3.05, 3.63) is 107 Å². The van der Waals surface area contributed by atoms with E-state index in [0.29, 0.717) is 17.7 Å². The molecule has 0 bridgehead atoms. The number of H-pyrrole nitrogens is 1. The van der Waals surface area contributed by atoms with E-state index in [2.05, 4.69) is 15.3 Å². The first kappa shape index (κ1) is 25.2. The lowest BCUT2D eigenvalue weighted by Gasteiger charge is -2.29. The van der Waals surface area contributed by atoms with Crippen molar-refractivity contribution in [2.24, 2.45) is 4.99 Å². The van der Waals surface area contributed by atoms with Crippen molar-refractivity contribution in [3.8, 4) is 11.5 Å². The number of phenolic OH excluding ortho intramolecular Hbond substituents is 1. The number of aromatic amines is 1. The minimum Gasteiger partial charge on any atom is -0.508 e. The van der Waals surface area contributed by atoms with Crippen LogP contribution < -0.4 is 10.1 Å². The van der Waals surface area contributed by atoms with Crippen LogP contribution in [0.1, 0.15) is 29.0 Å². The van der Waals surface area contributed by atoms with Gasteiger partial charge in [0.15, 0.2) is 0 Å². The van der Waals surface area contributed by atoms with Crippen LogP contribution >= 0.6 is 0 Å². The van der Waals surface area contributed by atoms with Gasteiger partial charge in [-0.05, 0) is 72.0 Å². The van der Waals surface area contributed by atoms with E-state index in [4.69, 9.17) is 4.74 Å². The highest BCUT2D eigenvalue weighted by atomic mass is 19.1. The maximum atomic E-state index is 14.0. The second-order valence-corrected chi connectivity index (χ2v) is 9.32. The zero-order valence-electron chi connectivity index (χ0n) is 20.7. The monoisotopic (exact) mass is 515 g/mol. The number of carbonyl (C=O) groups is 1. The van der Waals surface area contributed by atoms with Gasteiger partial charge in [0, 0.05) is 41.0 Å². The van der Waals surface area contributed by atoms with Crippen molar-refractivity contribution < 1.29 is 23.4 Å². The zero-order valence-corrected chi connectivity index (χ0v) is 20.7. The number of methoxy groups -OCH3 is 1. The molecular formula is C30H27F2N3O3. The zero-order chi connectivity index (χ0) is 26.6. The summed E-state index contributed by atoms with van der Waals surface area (Å²) in [5.41, 5.74) is 3.63. The van der Waals surface area contributed by atoms with Crippen LogP contribution in [0.2, 0.25) is 0 Å². The van der Waals surface area contributed by atoms with Gasteiger partial charge in [0.1, 0.15) is 23.1 Å². The van der Waals surface area contributed by atoms with Gasteiger partial charge in [0.25, 0.3) is 0 Å². The second-order valence-electron chi connectivity index (χ2n) is 9.32. The maximum absolute atomic E-state index is 14.0. The van der Waals surface area contributed by atoms with Crippen LogP contribution in [0.3, 0.4) is 0 Å². The van der Waals surface area contributed by atoms with Crippen molar-refractivity contribution in [1.82, 2.24) is 10.3 Å². The van der Waals surface area contributed by atoms with E-state index in [1.807, 2.05) is 30.3 Å². The van der Waals surface area contributed by atoms with Gasteiger partial charge in [0.2, 0.25) is 5.91 Å². The van der Waals surface area contributed by atoms with Crippen LogP contribution in [0, 0.1) is 11.6 Å². The van der Waals surface area contributed by atoms with Crippen LogP contribution in [0.4, 0.5) is 8.78 Å². The Labute approximate surface area is 218 Å². The first-order valence-electron chi connectivity index (χ1n) is 12.3. The molecule has 0 radical (unpaired) electrons. The predicted molar refractivity (Wildman–Crippen MR) is 143 cm³/mol. The van der Waals surface area contributed by atoms with Gasteiger partial charge in [-0.2, -0.15) is 0 Å². The summed E-state index contributed by atoms with van der Waals surface area (Å²) < 4.78 is 33.3. The fourth-order valence-electron chi connectivity index (χ4n) is 4.95. The van der Waals surface area contributed by atoms with Crippen LogP contribution in [-0.4, -0.2) is 34.9 Å². The molecule has 6 nitrogen and oxygen atoms in total. The molecule has 1 amide bonds. The van der Waals surface area contributed by atoms with Crippen molar-refractivity contribution in [1.29, 1.82) is 0 Å². The molecule has 3 aromatic carbocycles. The minimum atomic E-state index is -0.680. The predicted octanol–water partition coefficient (Wildman–Crippen LogP) is 5.57. The molecule has 1 aliphatic rings. The van der Waals surface area contributed by atoms with E-state index in [0.717, 1.165) is 33.8 Å². The van der Waals surface area contributed by atoms with Gasteiger partial charge in [-0.25, -0.2) is 8.78 Å². The molecule has 1 unspecified atom stereocenters. The number of aromatic hydroxyl groups is 1. The number of hydrogen-bond acceptors (Lipinski definition) is 4. The van der Waals surface area contributed by atoms with Gasteiger partial charge >= 0.3 is 0 Å². The van der Waals surface area contributed by atoms with Gasteiger partial charge in [-0.15, -0.1) is 0 Å². The van der Waals surface area contributed by atoms with Gasteiger partial charge in [-0.3, -0.25) is 9.79 Å². The lowest BCUT2D eigenvalue weighted by molar-refractivity contribution is -0.120. The molecule has 5 rings (SSSR count). The third-order valence-corrected chi connectivity index (χ3v) is 6.73. The summed E-state index contributed by atoms with van der Waals surface area (Å²) >= 11 is 0. The van der Waals surface area contributed by atoms with Crippen molar-refractivity contribution in [2.75, 3.05) is 7.11 Å². The normalized spacial score (nSPS) is 15.8. The molecule has 38 heavy (non-hydrogen) atoms. The molecular weight excluding hydrogens is 488 g/mol. The quantitative estimate of drug-likeness (QED) is 0.287. The average molecular weight is 516 g/mol. The number of ether oxygens (including phenoxy) is 1. The first-order valence-corrected chi connectivity index (χ1v) is 12.3. The molecule has 3 N–H and O–H groups in total. The standard InChI is InChI=1S/C30H27F2N3O3/c1-38-24-7-4-19(5-8-24)25-3-2-10-33-30(25)28(13-18-11-21(31)15-22(32)12-18)35-29(37)14-20-17-34-27-9-6-23(36)16-26(20)27/h2,4-12,15-17,25,28,34,36H,3,13-14H2,1H3,(H,35,37)/t25?,28-/m0/s1. The van der Waals surface area contributed by atoms with E-state index in [1.165, 1.54) is 12.1 Å². The Morgan fingerprint density at radius 2 is 1.89 bits per heavy atom. The summed E-state index contributed by atoms with van der Waals surface area (Å²) in [6.07, 6.45) is 6.27. The Morgan fingerprint density at radius 3 is 2.63 bits per heavy atom. The summed E-state index contributed by atoms with van der Waals surface area (Å²) in [5, 5.41) is 13.7. The van der Waals surface area contributed by atoms with Crippen molar-refractivity contribution in [2.45, 2.75) is 31.2 Å². The number of nitrogens with zero attached hydrogens (tertiary/aromatic N) is 1. The number of amides is 1. The average Bonchev–Trinajstić information content (AvgIpc) is 3.29. The molecule has 1 aromatic heterocycles. The molecule has 1 aliphatic heterocycles. The van der Waals surface area contributed by atoms with Crippen LogP contribution in [0.5, 0.6) is 11.5 Å². The maximum Gasteiger partial charge on any atom is 0.225 e. The molecule has 194 valence electrons. The first-order chi connectivity index (χ1) is 18.4. The summed E-state index contributed by atoms with van der Waals surface area (Å²) in [7, 11) is 1.60. The number of rotatable bonds is 8. The fourth-order valence-corrected chi connectivity index (χ4v) is 4.95. The molecule has 0 fully saturated rings. The number of nitrogens with one attached hydrogen (secondary N) is 2. The Morgan fingerprint density at radius 1 is 1.13 bits per heavy atom. The van der Waals surface area contributed by atoms with Crippen LogP contribution in [-0.2, 0) is 17.6 Å². The second kappa shape index (κ2) is 10.9. The van der Waals surface area contributed by atoms with E-state index in [9.17, 15) is 18.7 Å². The number of fused-ring (bicyclic) bond motifs is 1. The van der Waals surface area contributed by atoms with Crippen LogP contribution in [0.25, 0.3) is 10.9 Å². The van der Waals surface area contributed by atoms with Crippen molar-refractivity contribution in [3.63, 3.8) is 0 Å². The number of phenols is 1. The third-order valence-electron chi connectivity index (χ3n) is 6.73. The summed E-state index contributed by atoms with van der Waals surface area (Å²) in [6.45, 7) is 0. The molecule has 0 saturated carbocycles. The summed E-state index contributed by atoms with van der Waals surface area (Å²) in [6, 6.07) is 15.3. The Kier molecular flexibility index (Phi) is 7.22. The number of allylic oxidation sites excluding steroid dienone is 1. The lowest BCUT2D eigenvalue weighted by atomic mass is 9.84. The van der Waals surface area contributed by atoms with E-state index in [1.54, 1.807) is 37.7 Å². The Balaban J connectivity index is 1.45. The SMILES string of the molecule is COc1ccc(C2CC=CN=C2[C@H](Cc2cc(F)cc(F)c2)NC(=O)Cc2c[nH]c3ccc(O)cc23)cc1. The number of carbonyl (C=O) groups excluding carboxylic acids is 1. The van der Waals surface area contributed by atoms with E-state index >= 15 is 0 Å². The lowest BCUT2D eigenvalue weighted by Crippen LogP contribution is -2.45. The molecule has 0 saturated heterocycles. The smallest absolute Gasteiger partial charge is 0.225 e. The largest absolute Gasteiger partial charge is 0.508 e. The third kappa shape index (κ3) is 5.59. The number of aromatic nitrogens is 1. The summed E-state index contributed by atoms with van der Waals surface area (Å²) in [4.78, 5) is 21.1. The van der Waals surface area contributed by atoms with Gasteiger partial charge in [-0.1, -0.05) is 18.2 Å². The number of benzene rings is 3. The number of halogens is 2. The van der Waals surface area contributed by atoms with Crippen LogP contribution in [0.15, 0.2) is 84.1 Å².